The van der Waals surface area contributed by atoms with Gasteiger partial charge < -0.3 is 5.73 Å². The average molecular weight is 139 g/mol. The Kier molecular flexibility index (Phi) is 1.86. The van der Waals surface area contributed by atoms with Gasteiger partial charge in [-0.15, -0.1) is 0 Å². The first-order valence-corrected chi connectivity index (χ1v) is 3.92. The summed E-state index contributed by atoms with van der Waals surface area (Å²) in [6, 6.07) is 0.295. The van der Waals surface area contributed by atoms with Crippen LogP contribution in [0.2, 0.25) is 0 Å². The molecule has 0 spiro atoms. The quantitative estimate of drug-likeness (QED) is 0.511. The Balaban J connectivity index is 2.70. The molecule has 1 aliphatic carbocycles. The summed E-state index contributed by atoms with van der Waals surface area (Å²) in [6.07, 6.45) is 4.52. The van der Waals surface area contributed by atoms with Crippen LogP contribution in [0, 0.1) is 5.41 Å². The molecule has 1 rings (SSSR count). The van der Waals surface area contributed by atoms with Crippen molar-refractivity contribution >= 4 is 0 Å². The lowest BCUT2D eigenvalue weighted by atomic mass is 9.76. The van der Waals surface area contributed by atoms with Gasteiger partial charge in [-0.25, -0.2) is 0 Å². The summed E-state index contributed by atoms with van der Waals surface area (Å²) in [6.45, 7) is 6.73. The van der Waals surface area contributed by atoms with E-state index in [0.29, 0.717) is 11.5 Å². The lowest BCUT2D eigenvalue weighted by Crippen LogP contribution is -2.30. The molecule has 0 bridgehead atoms. The number of hydrogen-bond donors (Lipinski definition) is 1. The van der Waals surface area contributed by atoms with Gasteiger partial charge in [0, 0.05) is 6.04 Å². The van der Waals surface area contributed by atoms with Crippen molar-refractivity contribution in [1.82, 2.24) is 0 Å². The van der Waals surface area contributed by atoms with Crippen molar-refractivity contribution in [3.05, 3.63) is 11.6 Å². The van der Waals surface area contributed by atoms with Gasteiger partial charge in [0.2, 0.25) is 0 Å². The maximum Gasteiger partial charge on any atom is 0.0231 e. The fraction of sp³-hybridized carbons (Fsp3) is 0.778. The fourth-order valence-corrected chi connectivity index (χ4v) is 1.95. The molecule has 1 unspecified atom stereocenters. The van der Waals surface area contributed by atoms with Crippen molar-refractivity contribution < 1.29 is 0 Å². The van der Waals surface area contributed by atoms with Gasteiger partial charge in [0.15, 0.2) is 0 Å². The van der Waals surface area contributed by atoms with Gasteiger partial charge in [0.25, 0.3) is 0 Å². The van der Waals surface area contributed by atoms with Crippen molar-refractivity contribution in [2.75, 3.05) is 0 Å². The molecule has 10 heavy (non-hydrogen) atoms. The fourth-order valence-electron chi connectivity index (χ4n) is 1.95. The summed E-state index contributed by atoms with van der Waals surface area (Å²) in [4.78, 5) is 0. The first kappa shape index (κ1) is 7.80. The minimum atomic E-state index is 0.295. The van der Waals surface area contributed by atoms with Crippen molar-refractivity contribution in [2.45, 2.75) is 39.7 Å². The molecule has 0 aromatic carbocycles. The number of rotatable bonds is 0. The summed E-state index contributed by atoms with van der Waals surface area (Å²) < 4.78 is 0. The van der Waals surface area contributed by atoms with Crippen molar-refractivity contribution in [1.29, 1.82) is 0 Å². The van der Waals surface area contributed by atoms with E-state index in [0.717, 1.165) is 6.42 Å². The van der Waals surface area contributed by atoms with E-state index in [1.165, 1.54) is 12.0 Å². The predicted molar refractivity (Wildman–Crippen MR) is 44.7 cm³/mol. The third kappa shape index (κ3) is 1.84. The molecule has 0 aromatic rings. The maximum atomic E-state index is 5.82. The summed E-state index contributed by atoms with van der Waals surface area (Å²) >= 11 is 0. The zero-order chi connectivity index (χ0) is 7.78. The van der Waals surface area contributed by atoms with E-state index in [1.54, 1.807) is 0 Å². The number of allylic oxidation sites excluding steroid dienone is 1. The van der Waals surface area contributed by atoms with Crippen LogP contribution in [-0.2, 0) is 0 Å². The Morgan fingerprint density at radius 3 is 2.60 bits per heavy atom. The van der Waals surface area contributed by atoms with Gasteiger partial charge in [0.05, 0.1) is 0 Å². The summed E-state index contributed by atoms with van der Waals surface area (Å²) in [5.74, 6) is 0. The Hall–Kier alpha value is -0.300. The molecule has 0 fully saturated rings. The lowest BCUT2D eigenvalue weighted by molar-refractivity contribution is 0.302. The van der Waals surface area contributed by atoms with Crippen LogP contribution in [0.4, 0.5) is 0 Å². The molecule has 0 aliphatic heterocycles. The summed E-state index contributed by atoms with van der Waals surface area (Å²) in [5, 5.41) is 0. The first-order valence-electron chi connectivity index (χ1n) is 3.92. The highest BCUT2D eigenvalue weighted by atomic mass is 14.6. The van der Waals surface area contributed by atoms with Gasteiger partial charge in [0.1, 0.15) is 0 Å². The van der Waals surface area contributed by atoms with Crippen LogP contribution in [0.5, 0.6) is 0 Å². The van der Waals surface area contributed by atoms with E-state index in [2.05, 4.69) is 26.8 Å². The summed E-state index contributed by atoms with van der Waals surface area (Å²) in [5.41, 5.74) is 7.70. The lowest BCUT2D eigenvalue weighted by Gasteiger charge is -2.31. The highest BCUT2D eigenvalue weighted by Gasteiger charge is 2.24. The molecule has 58 valence electrons. The van der Waals surface area contributed by atoms with Crippen LogP contribution in [0.25, 0.3) is 0 Å². The van der Waals surface area contributed by atoms with Gasteiger partial charge in [-0.1, -0.05) is 25.5 Å². The van der Waals surface area contributed by atoms with Gasteiger partial charge in [-0.3, -0.25) is 0 Å². The van der Waals surface area contributed by atoms with E-state index in [9.17, 15) is 0 Å². The zero-order valence-electron chi connectivity index (χ0n) is 7.15. The zero-order valence-corrected chi connectivity index (χ0v) is 7.15. The molecule has 1 nitrogen and oxygen atoms in total. The molecule has 0 saturated carbocycles. The van der Waals surface area contributed by atoms with E-state index in [-0.39, 0.29) is 0 Å². The average Bonchev–Trinajstić information content (AvgIpc) is 1.54. The highest BCUT2D eigenvalue weighted by Crippen LogP contribution is 2.34. The molecular weight excluding hydrogens is 122 g/mol. The van der Waals surface area contributed by atoms with Crippen LogP contribution in [0.15, 0.2) is 11.6 Å². The molecule has 1 heteroatoms. The van der Waals surface area contributed by atoms with Crippen molar-refractivity contribution in [3.63, 3.8) is 0 Å². The predicted octanol–water partition coefficient (Wildman–Crippen LogP) is 2.08. The van der Waals surface area contributed by atoms with E-state index in [4.69, 9.17) is 5.73 Å². The van der Waals surface area contributed by atoms with Gasteiger partial charge >= 0.3 is 0 Å². The van der Waals surface area contributed by atoms with E-state index in [1.807, 2.05) is 0 Å². The van der Waals surface area contributed by atoms with Crippen LogP contribution < -0.4 is 5.73 Å². The molecular formula is C9H17N. The molecule has 2 N–H and O–H groups in total. The van der Waals surface area contributed by atoms with Crippen molar-refractivity contribution in [2.24, 2.45) is 11.1 Å². The SMILES string of the molecule is CC1=CC(N)CC(C)(C)C1. The molecule has 0 radical (unpaired) electrons. The molecule has 1 atom stereocenters. The Labute approximate surface area is 63.3 Å². The minimum absolute atomic E-state index is 0.295. The monoisotopic (exact) mass is 139 g/mol. The number of nitrogens with two attached hydrogens (primary N) is 1. The second kappa shape index (κ2) is 2.39. The second-order valence-corrected chi connectivity index (χ2v) is 4.22. The first-order chi connectivity index (χ1) is 4.49. The Morgan fingerprint density at radius 2 is 2.20 bits per heavy atom. The maximum absolute atomic E-state index is 5.82. The van der Waals surface area contributed by atoms with E-state index < -0.39 is 0 Å². The van der Waals surface area contributed by atoms with Crippen LogP contribution in [0.1, 0.15) is 33.6 Å². The minimum Gasteiger partial charge on any atom is -0.324 e. The number of hydrogen-bond acceptors (Lipinski definition) is 1. The standard InChI is InChI=1S/C9H17N/c1-7-4-8(10)6-9(2,3)5-7/h4,8H,5-6,10H2,1-3H3. The van der Waals surface area contributed by atoms with Crippen LogP contribution >= 0.6 is 0 Å². The largest absolute Gasteiger partial charge is 0.324 e. The van der Waals surface area contributed by atoms with E-state index >= 15 is 0 Å². The second-order valence-electron chi connectivity index (χ2n) is 4.22. The van der Waals surface area contributed by atoms with Crippen LogP contribution in [-0.4, -0.2) is 6.04 Å². The molecule has 0 heterocycles. The smallest absolute Gasteiger partial charge is 0.0231 e. The normalized spacial score (nSPS) is 31.6. The molecule has 1 aliphatic rings. The van der Waals surface area contributed by atoms with Crippen LogP contribution in [0.3, 0.4) is 0 Å². The third-order valence-electron chi connectivity index (χ3n) is 2.04. The Bertz CT molecular complexity index is 156. The molecule has 0 amide bonds. The topological polar surface area (TPSA) is 26.0 Å². The van der Waals surface area contributed by atoms with Gasteiger partial charge in [-0.2, -0.15) is 0 Å². The van der Waals surface area contributed by atoms with Crippen molar-refractivity contribution in [3.8, 4) is 0 Å². The van der Waals surface area contributed by atoms with Gasteiger partial charge in [-0.05, 0) is 25.2 Å². The molecule has 0 aromatic heterocycles. The molecule has 0 saturated heterocycles. The summed E-state index contributed by atoms with van der Waals surface area (Å²) in [7, 11) is 0. The third-order valence-corrected chi connectivity index (χ3v) is 2.04. The Morgan fingerprint density at radius 1 is 1.60 bits per heavy atom. The highest BCUT2D eigenvalue weighted by molar-refractivity contribution is 5.11.